The molecule has 2 atom stereocenters. The molecule has 2 aliphatic heterocycles. The number of carbonyl (C=O) groups is 2. The molecular weight excluding hydrogens is 399 g/mol. The number of fused-ring (bicyclic) bond motifs is 1. The molecule has 0 radical (unpaired) electrons. The van der Waals surface area contributed by atoms with Gasteiger partial charge in [0.25, 0.3) is 5.91 Å². The van der Waals surface area contributed by atoms with Gasteiger partial charge >= 0.3 is 6.18 Å². The number of carbonyl (C=O) groups excluding carboxylic acids is 2. The number of amides is 2. The highest BCUT2D eigenvalue weighted by atomic mass is 19.4. The number of nitrogens with zero attached hydrogens (tertiary/aromatic N) is 3. The second-order valence-electron chi connectivity index (χ2n) is 7.73. The number of anilines is 1. The smallest absolute Gasteiger partial charge is 0.369 e. The number of nitrogens with one attached hydrogen (secondary N) is 1. The molecule has 7 nitrogen and oxygen atoms in total. The lowest BCUT2D eigenvalue weighted by molar-refractivity contribution is -0.173. The second-order valence-corrected chi connectivity index (χ2v) is 7.73. The molecule has 1 saturated heterocycles. The first-order chi connectivity index (χ1) is 14.2. The van der Waals surface area contributed by atoms with Gasteiger partial charge in [0.2, 0.25) is 5.91 Å². The Kier molecular flexibility index (Phi) is 5.17. The first kappa shape index (κ1) is 20.2. The predicted molar refractivity (Wildman–Crippen MR) is 103 cm³/mol. The van der Waals surface area contributed by atoms with Crippen LogP contribution in [0.3, 0.4) is 0 Å². The number of halogens is 3. The molecule has 0 bridgehead atoms. The van der Waals surface area contributed by atoms with Crippen molar-refractivity contribution in [3.8, 4) is 0 Å². The predicted octanol–water partition coefficient (Wildman–Crippen LogP) is 2.88. The van der Waals surface area contributed by atoms with Crippen LogP contribution in [0.5, 0.6) is 0 Å². The van der Waals surface area contributed by atoms with Gasteiger partial charge in [0, 0.05) is 31.5 Å². The maximum absolute atomic E-state index is 13.8. The minimum absolute atomic E-state index is 0.0435. The van der Waals surface area contributed by atoms with Crippen LogP contribution in [-0.4, -0.2) is 45.8 Å². The summed E-state index contributed by atoms with van der Waals surface area (Å²) in [6.07, 6.45) is -3.85. The lowest BCUT2D eigenvalue weighted by atomic mass is 9.96. The highest BCUT2D eigenvalue weighted by Gasteiger charge is 2.47. The number of piperidine rings is 1. The summed E-state index contributed by atoms with van der Waals surface area (Å²) in [4.78, 5) is 25.6. The van der Waals surface area contributed by atoms with Crippen molar-refractivity contribution in [3.05, 3.63) is 47.7 Å². The zero-order valence-electron chi connectivity index (χ0n) is 16.1. The van der Waals surface area contributed by atoms with Crippen LogP contribution in [0.1, 0.15) is 47.4 Å². The minimum Gasteiger partial charge on any atom is -0.369 e. The van der Waals surface area contributed by atoms with Crippen molar-refractivity contribution in [2.75, 3.05) is 18.4 Å². The molecule has 0 unspecified atom stereocenters. The molecule has 2 amide bonds. The summed E-state index contributed by atoms with van der Waals surface area (Å²) in [6, 6.07) is 7.88. The third-order valence-corrected chi connectivity index (χ3v) is 5.80. The molecule has 3 N–H and O–H groups in total. The van der Waals surface area contributed by atoms with Crippen LogP contribution < -0.4 is 11.1 Å². The molecule has 1 aromatic carbocycles. The van der Waals surface area contributed by atoms with Crippen LogP contribution >= 0.6 is 0 Å². The third kappa shape index (κ3) is 3.86. The number of likely N-dealkylation sites (tertiary alicyclic amines) is 1. The number of alkyl halides is 3. The molecule has 30 heavy (non-hydrogen) atoms. The Hall–Kier alpha value is -3.04. The second kappa shape index (κ2) is 7.66. The lowest BCUT2D eigenvalue weighted by Gasteiger charge is -2.33. The highest BCUT2D eigenvalue weighted by Crippen LogP contribution is 2.43. The number of rotatable bonds is 3. The number of hydrogen-bond acceptors (Lipinski definition) is 4. The van der Waals surface area contributed by atoms with Gasteiger partial charge in [-0.15, -0.1) is 0 Å². The van der Waals surface area contributed by atoms with E-state index in [1.165, 1.54) is 11.0 Å². The summed E-state index contributed by atoms with van der Waals surface area (Å²) in [5.41, 5.74) is 6.00. The van der Waals surface area contributed by atoms with Gasteiger partial charge < -0.3 is 16.0 Å². The van der Waals surface area contributed by atoms with Crippen molar-refractivity contribution in [2.24, 2.45) is 11.7 Å². The summed E-state index contributed by atoms with van der Waals surface area (Å²) in [5, 5.41) is 7.09. The first-order valence-electron chi connectivity index (χ1n) is 9.80. The Morgan fingerprint density at radius 2 is 1.80 bits per heavy atom. The van der Waals surface area contributed by atoms with Gasteiger partial charge in [0.1, 0.15) is 5.82 Å². The maximum Gasteiger partial charge on any atom is 0.410 e. The van der Waals surface area contributed by atoms with E-state index in [0.29, 0.717) is 25.9 Å². The van der Waals surface area contributed by atoms with Crippen molar-refractivity contribution in [1.82, 2.24) is 14.7 Å². The van der Waals surface area contributed by atoms with Gasteiger partial charge in [-0.25, -0.2) is 4.68 Å². The van der Waals surface area contributed by atoms with E-state index in [9.17, 15) is 22.8 Å². The molecule has 4 rings (SSSR count). The van der Waals surface area contributed by atoms with Crippen molar-refractivity contribution in [3.63, 3.8) is 0 Å². The molecule has 0 spiro atoms. The summed E-state index contributed by atoms with van der Waals surface area (Å²) >= 11 is 0. The van der Waals surface area contributed by atoms with E-state index >= 15 is 0 Å². The van der Waals surface area contributed by atoms with Crippen molar-refractivity contribution < 1.29 is 22.8 Å². The molecule has 0 aliphatic carbocycles. The Morgan fingerprint density at radius 3 is 2.40 bits per heavy atom. The van der Waals surface area contributed by atoms with Crippen LogP contribution in [0.25, 0.3) is 0 Å². The largest absolute Gasteiger partial charge is 0.410 e. The van der Waals surface area contributed by atoms with Crippen LogP contribution in [0.15, 0.2) is 36.4 Å². The van der Waals surface area contributed by atoms with E-state index in [4.69, 9.17) is 5.73 Å². The number of nitrogens with two attached hydrogens (primary N) is 1. The fraction of sp³-hybridized carbons (Fsp3) is 0.450. The Morgan fingerprint density at radius 1 is 1.13 bits per heavy atom. The van der Waals surface area contributed by atoms with Crippen molar-refractivity contribution in [1.29, 1.82) is 0 Å². The summed E-state index contributed by atoms with van der Waals surface area (Å²) < 4.78 is 42.2. The fourth-order valence-corrected chi connectivity index (χ4v) is 4.11. The molecule has 2 aliphatic rings. The summed E-state index contributed by atoms with van der Waals surface area (Å²) in [7, 11) is 0. The minimum atomic E-state index is -4.50. The Balaban J connectivity index is 1.58. The number of hydrogen-bond donors (Lipinski definition) is 2. The SMILES string of the molecule is NC(=O)C1CCN(C(=O)c2cc3n(n2)[C@@H](C(F)(F)F)C[C@@H](c2ccccc2)N3)CC1. The van der Waals surface area contributed by atoms with Gasteiger partial charge in [-0.05, 0) is 18.4 Å². The summed E-state index contributed by atoms with van der Waals surface area (Å²) in [6.45, 7) is 0.634. The van der Waals surface area contributed by atoms with Crippen molar-refractivity contribution in [2.45, 2.75) is 37.5 Å². The fourth-order valence-electron chi connectivity index (χ4n) is 4.11. The molecule has 1 fully saturated rings. The Bertz CT molecular complexity index is 936. The quantitative estimate of drug-likeness (QED) is 0.797. The molecular formula is C20H22F3N5O2. The van der Waals surface area contributed by atoms with Crippen LogP contribution in [0.2, 0.25) is 0 Å². The zero-order chi connectivity index (χ0) is 21.5. The number of benzene rings is 1. The molecule has 0 saturated carbocycles. The van der Waals surface area contributed by atoms with E-state index in [1.807, 2.05) is 0 Å². The van der Waals surface area contributed by atoms with E-state index in [0.717, 1.165) is 10.2 Å². The summed E-state index contributed by atoms with van der Waals surface area (Å²) in [5.74, 6) is -0.970. The third-order valence-electron chi connectivity index (χ3n) is 5.80. The van der Waals surface area contributed by atoms with Gasteiger partial charge in [0.05, 0.1) is 6.04 Å². The van der Waals surface area contributed by atoms with E-state index in [1.54, 1.807) is 30.3 Å². The van der Waals surface area contributed by atoms with Crippen LogP contribution in [0.4, 0.5) is 19.0 Å². The van der Waals surface area contributed by atoms with Gasteiger partial charge in [-0.3, -0.25) is 9.59 Å². The van der Waals surface area contributed by atoms with Gasteiger partial charge in [-0.1, -0.05) is 30.3 Å². The van der Waals surface area contributed by atoms with E-state index < -0.39 is 30.1 Å². The first-order valence-corrected chi connectivity index (χ1v) is 9.80. The zero-order valence-corrected chi connectivity index (χ0v) is 16.1. The Labute approximate surface area is 171 Å². The van der Waals surface area contributed by atoms with Crippen LogP contribution in [-0.2, 0) is 4.79 Å². The van der Waals surface area contributed by atoms with Gasteiger partial charge in [-0.2, -0.15) is 18.3 Å². The standard InChI is InChI=1S/C20H22F3N5O2/c21-20(22,23)16-10-14(12-4-2-1-3-5-12)25-17-11-15(26-28(16)17)19(30)27-8-6-13(7-9-27)18(24)29/h1-5,11,13-14,16,25H,6-10H2,(H2,24,29)/t14-,16+/m0/s1. The molecule has 2 aromatic rings. The lowest BCUT2D eigenvalue weighted by Crippen LogP contribution is -2.42. The number of aromatic nitrogens is 2. The monoisotopic (exact) mass is 421 g/mol. The van der Waals surface area contributed by atoms with E-state index in [-0.39, 0.29) is 23.9 Å². The normalized spacial score (nSPS) is 22.3. The highest BCUT2D eigenvalue weighted by molar-refractivity contribution is 5.93. The van der Waals surface area contributed by atoms with Crippen molar-refractivity contribution >= 4 is 17.6 Å². The average molecular weight is 421 g/mol. The topological polar surface area (TPSA) is 93.3 Å². The average Bonchev–Trinajstić information content (AvgIpc) is 3.16. The molecule has 1 aromatic heterocycles. The van der Waals surface area contributed by atoms with Gasteiger partial charge in [0.15, 0.2) is 11.7 Å². The maximum atomic E-state index is 13.8. The molecule has 3 heterocycles. The molecule has 160 valence electrons. The van der Waals surface area contributed by atoms with Crippen LogP contribution in [0, 0.1) is 5.92 Å². The molecule has 10 heteroatoms. The van der Waals surface area contributed by atoms with E-state index in [2.05, 4.69) is 10.4 Å². The number of primary amides is 1.